The van der Waals surface area contributed by atoms with Crippen molar-refractivity contribution >= 4 is 27.6 Å². The molecule has 1 heterocycles. The van der Waals surface area contributed by atoms with Crippen molar-refractivity contribution in [2.45, 2.75) is 30.8 Å². The van der Waals surface area contributed by atoms with Gasteiger partial charge in [0.25, 0.3) is 0 Å². The van der Waals surface area contributed by atoms with Gasteiger partial charge >= 0.3 is 5.97 Å². The zero-order valence-corrected chi connectivity index (χ0v) is 22.1. The average Bonchev–Trinajstić information content (AvgIpc) is 2.92. The van der Waals surface area contributed by atoms with E-state index in [1.165, 1.54) is 4.31 Å². The highest BCUT2D eigenvalue weighted by atomic mass is 35.5. The van der Waals surface area contributed by atoms with Crippen molar-refractivity contribution in [3.8, 4) is 0 Å². The van der Waals surface area contributed by atoms with Crippen LogP contribution in [0.2, 0.25) is 5.02 Å². The first kappa shape index (κ1) is 25.5. The molecular formula is C30H28ClNO4S. The molecule has 0 bridgehead atoms. The molecule has 0 N–H and O–H groups in total. The number of carbonyl (C=O) groups excluding carboxylic acids is 1. The minimum Gasteiger partial charge on any atom is -0.457 e. The molecule has 5 nitrogen and oxygen atoms in total. The number of aryl methyl sites for hydroxylation is 1. The largest absolute Gasteiger partial charge is 0.457 e. The average molecular weight is 534 g/mol. The maximum absolute atomic E-state index is 13.7. The number of halogens is 1. The van der Waals surface area contributed by atoms with Crippen LogP contribution in [0.15, 0.2) is 107 Å². The molecule has 5 rings (SSSR count). The summed E-state index contributed by atoms with van der Waals surface area (Å²) in [4.78, 5) is 13.6. The highest BCUT2D eigenvalue weighted by Gasteiger charge is 2.41. The number of allylic oxidation sites excluding steroid dienone is 2. The van der Waals surface area contributed by atoms with Gasteiger partial charge in [-0.15, -0.1) is 0 Å². The molecule has 0 unspecified atom stereocenters. The van der Waals surface area contributed by atoms with E-state index < -0.39 is 16.0 Å². The molecule has 2 aliphatic rings. The number of fused-ring (bicyclic) bond motifs is 1. The smallest absolute Gasteiger partial charge is 0.335 e. The maximum atomic E-state index is 13.7. The number of hydrogen-bond acceptors (Lipinski definition) is 4. The van der Waals surface area contributed by atoms with Crippen LogP contribution >= 0.6 is 11.6 Å². The Hall–Kier alpha value is -3.19. The lowest BCUT2D eigenvalue weighted by Crippen LogP contribution is -2.45. The van der Waals surface area contributed by atoms with Gasteiger partial charge in [0.2, 0.25) is 10.0 Å². The first-order valence-corrected chi connectivity index (χ1v) is 14.1. The topological polar surface area (TPSA) is 63.7 Å². The predicted molar refractivity (Wildman–Crippen MR) is 145 cm³/mol. The van der Waals surface area contributed by atoms with Crippen LogP contribution < -0.4 is 0 Å². The maximum Gasteiger partial charge on any atom is 0.335 e. The molecule has 37 heavy (non-hydrogen) atoms. The molecule has 3 aromatic rings. The standard InChI is InChI=1S/C30H28ClNO4S/c1-21-10-16-25(17-11-21)37(34,35)32-18-28-26(23-12-14-24(31)15-13-23)8-5-9-27(28)29(19-32)30(33)36-20-22-6-3-2-4-7-22/h2-8,10-17,26,28H,9,18-20H2,1H3/t26-,28-/m0/s1. The second-order valence-corrected chi connectivity index (χ2v) is 11.9. The lowest BCUT2D eigenvalue weighted by atomic mass is 9.73. The highest BCUT2D eigenvalue weighted by Crippen LogP contribution is 2.43. The van der Waals surface area contributed by atoms with Crippen molar-refractivity contribution in [3.63, 3.8) is 0 Å². The van der Waals surface area contributed by atoms with Crippen molar-refractivity contribution in [2.75, 3.05) is 13.1 Å². The highest BCUT2D eigenvalue weighted by molar-refractivity contribution is 7.89. The molecule has 7 heteroatoms. The molecule has 3 aromatic carbocycles. The molecule has 1 aliphatic heterocycles. The lowest BCUT2D eigenvalue weighted by Gasteiger charge is -2.40. The van der Waals surface area contributed by atoms with Gasteiger partial charge in [0, 0.05) is 29.9 Å². The Labute approximate surface area is 223 Å². The molecule has 0 aromatic heterocycles. The van der Waals surface area contributed by atoms with E-state index in [9.17, 15) is 13.2 Å². The summed E-state index contributed by atoms with van der Waals surface area (Å²) in [5.74, 6) is -0.758. The SMILES string of the molecule is Cc1ccc(S(=O)(=O)N2CC(C(=O)OCc3ccccc3)=C3CC=C[C@@H](c4ccc(Cl)cc4)[C@@H]3C2)cc1. The van der Waals surface area contributed by atoms with E-state index >= 15 is 0 Å². The van der Waals surface area contributed by atoms with Gasteiger partial charge in [-0.25, -0.2) is 13.2 Å². The van der Waals surface area contributed by atoms with Crippen molar-refractivity contribution < 1.29 is 17.9 Å². The van der Waals surface area contributed by atoms with E-state index in [1.54, 1.807) is 24.3 Å². The number of rotatable bonds is 6. The van der Waals surface area contributed by atoms with Crippen LogP contribution in [0.4, 0.5) is 0 Å². The first-order chi connectivity index (χ1) is 17.8. The number of sulfonamides is 1. The summed E-state index contributed by atoms with van der Waals surface area (Å²) < 4.78 is 34.6. The molecule has 0 saturated heterocycles. The molecule has 2 atom stereocenters. The van der Waals surface area contributed by atoms with Gasteiger partial charge in [0.15, 0.2) is 0 Å². The second kappa shape index (κ2) is 10.7. The molecular weight excluding hydrogens is 506 g/mol. The van der Waals surface area contributed by atoms with Crippen LogP contribution in [0.25, 0.3) is 0 Å². The third kappa shape index (κ3) is 5.42. The Bertz CT molecular complexity index is 1450. The fourth-order valence-electron chi connectivity index (χ4n) is 5.05. The third-order valence-corrected chi connectivity index (χ3v) is 9.14. The van der Waals surface area contributed by atoms with Crippen molar-refractivity contribution in [3.05, 3.63) is 124 Å². The molecule has 0 saturated carbocycles. The first-order valence-electron chi connectivity index (χ1n) is 12.2. The summed E-state index contributed by atoms with van der Waals surface area (Å²) in [5.41, 5.74) is 4.24. The second-order valence-electron chi connectivity index (χ2n) is 9.49. The summed E-state index contributed by atoms with van der Waals surface area (Å²) in [6, 6.07) is 23.9. The summed E-state index contributed by atoms with van der Waals surface area (Å²) in [5, 5.41) is 0.636. The van der Waals surface area contributed by atoms with E-state index in [0.29, 0.717) is 17.0 Å². The van der Waals surface area contributed by atoms with Crippen LogP contribution in [0.3, 0.4) is 0 Å². The van der Waals surface area contributed by atoms with E-state index in [2.05, 4.69) is 12.2 Å². The van der Waals surface area contributed by atoms with Crippen molar-refractivity contribution in [1.29, 1.82) is 0 Å². The van der Waals surface area contributed by atoms with Gasteiger partial charge in [0.1, 0.15) is 6.61 Å². The van der Waals surface area contributed by atoms with Gasteiger partial charge in [-0.1, -0.05) is 83.9 Å². The van der Waals surface area contributed by atoms with Crippen molar-refractivity contribution in [1.82, 2.24) is 4.31 Å². The van der Waals surface area contributed by atoms with E-state index in [4.69, 9.17) is 16.3 Å². The number of hydrogen-bond donors (Lipinski definition) is 0. The predicted octanol–water partition coefficient (Wildman–Crippen LogP) is 6.05. The molecule has 0 radical (unpaired) electrons. The Kier molecular flexibility index (Phi) is 7.33. The number of esters is 1. The van der Waals surface area contributed by atoms with Crippen LogP contribution in [0.5, 0.6) is 0 Å². The van der Waals surface area contributed by atoms with Gasteiger partial charge in [-0.3, -0.25) is 0 Å². The Morgan fingerprint density at radius 1 is 1.00 bits per heavy atom. The number of nitrogens with zero attached hydrogens (tertiary/aromatic N) is 1. The van der Waals surface area contributed by atoms with Gasteiger partial charge < -0.3 is 4.74 Å². The van der Waals surface area contributed by atoms with Crippen LogP contribution in [-0.2, 0) is 26.2 Å². The Morgan fingerprint density at radius 3 is 2.41 bits per heavy atom. The van der Waals surface area contributed by atoms with E-state index in [0.717, 1.165) is 22.3 Å². The quantitative estimate of drug-likeness (QED) is 0.286. The molecule has 1 aliphatic carbocycles. The normalized spacial score (nSPS) is 19.9. The zero-order chi connectivity index (χ0) is 26.0. The summed E-state index contributed by atoms with van der Waals surface area (Å²) in [6.45, 7) is 2.30. The number of ether oxygens (including phenoxy) is 1. The molecule has 190 valence electrons. The molecule has 0 spiro atoms. The fourth-order valence-corrected chi connectivity index (χ4v) is 6.61. The van der Waals surface area contributed by atoms with Gasteiger partial charge in [0.05, 0.1) is 10.5 Å². The molecule has 0 fully saturated rings. The molecule has 0 amide bonds. The van der Waals surface area contributed by atoms with Gasteiger partial charge in [-0.2, -0.15) is 4.31 Å². The van der Waals surface area contributed by atoms with E-state index in [-0.39, 0.29) is 36.4 Å². The van der Waals surface area contributed by atoms with Crippen molar-refractivity contribution in [2.24, 2.45) is 5.92 Å². The Balaban J connectivity index is 1.52. The van der Waals surface area contributed by atoms with Crippen LogP contribution in [0, 0.1) is 12.8 Å². The third-order valence-electron chi connectivity index (χ3n) is 7.06. The van der Waals surface area contributed by atoms with Gasteiger partial charge in [-0.05, 0) is 54.3 Å². The zero-order valence-electron chi connectivity index (χ0n) is 20.5. The minimum atomic E-state index is -3.83. The summed E-state index contributed by atoms with van der Waals surface area (Å²) in [6.07, 6.45) is 4.75. The minimum absolute atomic E-state index is 0.0170. The van der Waals surface area contributed by atoms with E-state index in [1.807, 2.05) is 61.5 Å². The van der Waals surface area contributed by atoms with Crippen LogP contribution in [0.1, 0.15) is 29.0 Å². The number of carbonyl (C=O) groups is 1. The lowest BCUT2D eigenvalue weighted by molar-refractivity contribution is -0.140. The fraction of sp³-hybridized carbons (Fsp3) is 0.233. The number of benzene rings is 3. The summed E-state index contributed by atoms with van der Waals surface area (Å²) >= 11 is 6.12. The van der Waals surface area contributed by atoms with Crippen LogP contribution in [-0.4, -0.2) is 31.8 Å². The monoisotopic (exact) mass is 533 g/mol. The summed E-state index contributed by atoms with van der Waals surface area (Å²) in [7, 11) is -3.83. The Morgan fingerprint density at radius 2 is 1.70 bits per heavy atom.